The molecule has 1 N–H and O–H groups in total. The van der Waals surface area contributed by atoms with Crippen LogP contribution in [0, 0.1) is 0 Å². The molecule has 21 heavy (non-hydrogen) atoms. The Morgan fingerprint density at radius 1 is 1.14 bits per heavy atom. The lowest BCUT2D eigenvalue weighted by Gasteiger charge is -2.20. The maximum atomic E-state index is 12.6. The molecule has 1 aliphatic rings. The summed E-state index contributed by atoms with van der Waals surface area (Å²) in [6.45, 7) is 2.07. The summed E-state index contributed by atoms with van der Waals surface area (Å²) in [5.74, 6) is 0.0874. The molecule has 2 nitrogen and oxygen atoms in total. The van der Waals surface area contributed by atoms with Crippen molar-refractivity contribution >= 4 is 5.91 Å². The van der Waals surface area contributed by atoms with Gasteiger partial charge in [0.05, 0.1) is 12.0 Å². The Morgan fingerprint density at radius 2 is 1.86 bits per heavy atom. The Bertz CT molecular complexity index is 620. The summed E-state index contributed by atoms with van der Waals surface area (Å²) in [6, 6.07) is 18.7. The average molecular weight is 279 g/mol. The van der Waals surface area contributed by atoms with Crippen LogP contribution in [-0.2, 0) is 11.2 Å². The molecule has 0 spiro atoms. The predicted molar refractivity (Wildman–Crippen MR) is 85.1 cm³/mol. The standard InChI is InChI=1S/C19H21NO/c1-2-16(14-8-4-3-5-9-14)19(21)20-18-13-12-15-10-6-7-11-17(15)18/h3-11,16,18H,2,12-13H2,1H3,(H,20,21). The molecule has 0 saturated carbocycles. The largest absolute Gasteiger partial charge is 0.349 e. The Labute approximate surface area is 126 Å². The molecule has 1 amide bonds. The molecule has 3 rings (SSSR count). The van der Waals surface area contributed by atoms with Crippen LogP contribution in [0.15, 0.2) is 54.6 Å². The molecule has 2 atom stereocenters. The Hall–Kier alpha value is -2.09. The van der Waals surface area contributed by atoms with E-state index in [2.05, 4.69) is 36.5 Å². The van der Waals surface area contributed by atoms with Gasteiger partial charge in [-0.2, -0.15) is 0 Å². The lowest BCUT2D eigenvalue weighted by atomic mass is 9.95. The molecular weight excluding hydrogens is 258 g/mol. The van der Waals surface area contributed by atoms with E-state index in [-0.39, 0.29) is 17.9 Å². The number of carbonyl (C=O) groups excluding carboxylic acids is 1. The van der Waals surface area contributed by atoms with Crippen molar-refractivity contribution in [3.8, 4) is 0 Å². The molecule has 0 heterocycles. The smallest absolute Gasteiger partial charge is 0.228 e. The zero-order valence-corrected chi connectivity index (χ0v) is 12.4. The van der Waals surface area contributed by atoms with Crippen molar-refractivity contribution in [1.29, 1.82) is 0 Å². The number of carbonyl (C=O) groups is 1. The van der Waals surface area contributed by atoms with Crippen LogP contribution in [0.4, 0.5) is 0 Å². The molecule has 2 aromatic carbocycles. The predicted octanol–water partition coefficient (Wildman–Crippen LogP) is 3.98. The van der Waals surface area contributed by atoms with Crippen LogP contribution in [0.2, 0.25) is 0 Å². The van der Waals surface area contributed by atoms with E-state index in [9.17, 15) is 4.79 Å². The first-order valence-corrected chi connectivity index (χ1v) is 7.72. The first kappa shape index (κ1) is 13.9. The number of fused-ring (bicyclic) bond motifs is 1. The topological polar surface area (TPSA) is 29.1 Å². The summed E-state index contributed by atoms with van der Waals surface area (Å²) >= 11 is 0. The van der Waals surface area contributed by atoms with Crippen LogP contribution < -0.4 is 5.32 Å². The molecule has 0 saturated heterocycles. The zero-order valence-electron chi connectivity index (χ0n) is 12.4. The second-order valence-electron chi connectivity index (χ2n) is 5.67. The van der Waals surface area contributed by atoms with Gasteiger partial charge in [-0.15, -0.1) is 0 Å². The van der Waals surface area contributed by atoms with Crippen LogP contribution in [0.1, 0.15) is 48.4 Å². The molecule has 0 aliphatic heterocycles. The number of nitrogens with one attached hydrogen (secondary N) is 1. The summed E-state index contributed by atoms with van der Waals surface area (Å²) in [4.78, 5) is 12.6. The van der Waals surface area contributed by atoms with Gasteiger partial charge in [-0.3, -0.25) is 4.79 Å². The van der Waals surface area contributed by atoms with Crippen LogP contribution in [-0.4, -0.2) is 5.91 Å². The van der Waals surface area contributed by atoms with E-state index < -0.39 is 0 Å². The normalized spacial score (nSPS) is 18.0. The molecule has 2 aromatic rings. The monoisotopic (exact) mass is 279 g/mol. The van der Waals surface area contributed by atoms with E-state index in [1.165, 1.54) is 11.1 Å². The van der Waals surface area contributed by atoms with Crippen molar-refractivity contribution in [3.05, 3.63) is 71.3 Å². The molecule has 0 fully saturated rings. The number of amides is 1. The van der Waals surface area contributed by atoms with Crippen molar-refractivity contribution in [2.24, 2.45) is 0 Å². The second kappa shape index (κ2) is 6.13. The van der Waals surface area contributed by atoms with Gasteiger partial charge in [0.15, 0.2) is 0 Å². The van der Waals surface area contributed by atoms with E-state index in [0.717, 1.165) is 24.8 Å². The summed E-state index contributed by atoms with van der Waals surface area (Å²) < 4.78 is 0. The molecule has 1 aliphatic carbocycles. The van der Waals surface area contributed by atoms with Gasteiger partial charge in [0, 0.05) is 0 Å². The van der Waals surface area contributed by atoms with Gasteiger partial charge in [-0.1, -0.05) is 61.5 Å². The molecule has 0 radical (unpaired) electrons. The van der Waals surface area contributed by atoms with Gasteiger partial charge in [0.1, 0.15) is 0 Å². The lowest BCUT2D eigenvalue weighted by molar-refractivity contribution is -0.123. The summed E-state index contributed by atoms with van der Waals surface area (Å²) in [5, 5.41) is 3.25. The van der Waals surface area contributed by atoms with E-state index >= 15 is 0 Å². The van der Waals surface area contributed by atoms with Crippen LogP contribution in [0.25, 0.3) is 0 Å². The third kappa shape index (κ3) is 2.85. The van der Waals surface area contributed by atoms with Gasteiger partial charge >= 0.3 is 0 Å². The van der Waals surface area contributed by atoms with Gasteiger partial charge < -0.3 is 5.32 Å². The Kier molecular flexibility index (Phi) is 4.05. The quantitative estimate of drug-likeness (QED) is 0.901. The van der Waals surface area contributed by atoms with Crippen molar-refractivity contribution in [2.45, 2.75) is 38.1 Å². The SMILES string of the molecule is CCC(C(=O)NC1CCc2ccccc21)c1ccccc1. The Balaban J connectivity index is 1.75. The minimum Gasteiger partial charge on any atom is -0.349 e. The summed E-state index contributed by atoms with van der Waals surface area (Å²) in [7, 11) is 0. The first-order valence-electron chi connectivity index (χ1n) is 7.72. The lowest BCUT2D eigenvalue weighted by Crippen LogP contribution is -2.31. The highest BCUT2D eigenvalue weighted by Gasteiger charge is 2.26. The third-order valence-corrected chi connectivity index (χ3v) is 4.38. The minimum absolute atomic E-state index is 0.0565. The maximum absolute atomic E-state index is 12.6. The molecule has 0 bridgehead atoms. The number of rotatable bonds is 4. The van der Waals surface area contributed by atoms with E-state index in [1.54, 1.807) is 0 Å². The second-order valence-corrected chi connectivity index (χ2v) is 5.67. The number of hydrogen-bond acceptors (Lipinski definition) is 1. The Morgan fingerprint density at radius 3 is 2.62 bits per heavy atom. The highest BCUT2D eigenvalue weighted by Crippen LogP contribution is 2.31. The van der Waals surface area contributed by atoms with Crippen LogP contribution >= 0.6 is 0 Å². The zero-order chi connectivity index (χ0) is 14.7. The van der Waals surface area contributed by atoms with Gasteiger partial charge in [0.25, 0.3) is 0 Å². The fraction of sp³-hybridized carbons (Fsp3) is 0.316. The van der Waals surface area contributed by atoms with Crippen LogP contribution in [0.5, 0.6) is 0 Å². The third-order valence-electron chi connectivity index (χ3n) is 4.38. The molecule has 2 heteroatoms. The van der Waals surface area contributed by atoms with E-state index in [1.807, 2.05) is 30.3 Å². The fourth-order valence-corrected chi connectivity index (χ4v) is 3.24. The van der Waals surface area contributed by atoms with Crippen molar-refractivity contribution in [3.63, 3.8) is 0 Å². The maximum Gasteiger partial charge on any atom is 0.228 e. The van der Waals surface area contributed by atoms with Crippen molar-refractivity contribution in [2.75, 3.05) is 0 Å². The first-order chi connectivity index (χ1) is 10.3. The van der Waals surface area contributed by atoms with Crippen molar-refractivity contribution in [1.82, 2.24) is 5.32 Å². The number of aryl methyl sites for hydroxylation is 1. The van der Waals surface area contributed by atoms with E-state index in [0.29, 0.717) is 0 Å². The van der Waals surface area contributed by atoms with E-state index in [4.69, 9.17) is 0 Å². The minimum atomic E-state index is -0.0565. The van der Waals surface area contributed by atoms with Gasteiger partial charge in [-0.05, 0) is 36.0 Å². The summed E-state index contributed by atoms with van der Waals surface area (Å²) in [5.41, 5.74) is 3.76. The van der Waals surface area contributed by atoms with Gasteiger partial charge in [0.2, 0.25) is 5.91 Å². The number of benzene rings is 2. The molecule has 2 unspecified atom stereocenters. The van der Waals surface area contributed by atoms with Gasteiger partial charge in [-0.25, -0.2) is 0 Å². The fourth-order valence-electron chi connectivity index (χ4n) is 3.24. The van der Waals surface area contributed by atoms with Crippen LogP contribution in [0.3, 0.4) is 0 Å². The number of hydrogen-bond donors (Lipinski definition) is 1. The highest BCUT2D eigenvalue weighted by atomic mass is 16.1. The molecular formula is C19H21NO. The average Bonchev–Trinajstić information content (AvgIpc) is 2.92. The molecule has 0 aromatic heterocycles. The van der Waals surface area contributed by atoms with Crippen molar-refractivity contribution < 1.29 is 4.79 Å². The summed E-state index contributed by atoms with van der Waals surface area (Å²) in [6.07, 6.45) is 2.89. The highest BCUT2D eigenvalue weighted by molar-refractivity contribution is 5.84. The molecule has 108 valence electrons.